The number of anilines is 2. The minimum atomic E-state index is -0.152. The Kier molecular flexibility index (Phi) is 7.06. The molecule has 0 unspecified atom stereocenters. The lowest BCUT2D eigenvalue weighted by Gasteiger charge is -2.21. The van der Waals surface area contributed by atoms with Crippen molar-refractivity contribution >= 4 is 23.2 Å². The van der Waals surface area contributed by atoms with E-state index in [1.165, 1.54) is 32.1 Å². The second-order valence-corrected chi connectivity index (χ2v) is 7.51. The Morgan fingerprint density at radius 2 is 1.75 bits per heavy atom. The molecule has 1 aliphatic carbocycles. The number of rotatable bonds is 7. The molecule has 0 saturated heterocycles. The third-order valence-electron chi connectivity index (χ3n) is 5.28. The van der Waals surface area contributed by atoms with Gasteiger partial charge in [-0.15, -0.1) is 0 Å². The highest BCUT2D eigenvalue weighted by atomic mass is 16.2. The summed E-state index contributed by atoms with van der Waals surface area (Å²) in [4.78, 5) is 24.5. The molecule has 1 aliphatic rings. The Morgan fingerprint density at radius 1 is 1.00 bits per heavy atom. The van der Waals surface area contributed by atoms with E-state index in [4.69, 9.17) is 0 Å². The first kappa shape index (κ1) is 19.9. The highest BCUT2D eigenvalue weighted by Crippen LogP contribution is 2.23. The van der Waals surface area contributed by atoms with Crippen LogP contribution in [0, 0.1) is 12.8 Å². The van der Waals surface area contributed by atoms with Crippen LogP contribution < -0.4 is 16.0 Å². The number of carbonyl (C=O) groups is 2. The van der Waals surface area contributed by atoms with Crippen molar-refractivity contribution in [3.8, 4) is 0 Å². The van der Waals surface area contributed by atoms with E-state index >= 15 is 0 Å². The zero-order valence-corrected chi connectivity index (χ0v) is 16.5. The first-order valence-corrected chi connectivity index (χ1v) is 10.1. The Labute approximate surface area is 166 Å². The molecular formula is C23H29N3O2. The lowest BCUT2D eigenvalue weighted by molar-refractivity contribution is -0.119. The summed E-state index contributed by atoms with van der Waals surface area (Å²) in [5.74, 6) is 0.472. The van der Waals surface area contributed by atoms with Gasteiger partial charge in [0, 0.05) is 23.5 Å². The number of hydrogen-bond donors (Lipinski definition) is 3. The van der Waals surface area contributed by atoms with Gasteiger partial charge in [-0.05, 0) is 55.5 Å². The molecule has 0 atom stereocenters. The van der Waals surface area contributed by atoms with Crippen LogP contribution in [-0.4, -0.2) is 24.9 Å². The van der Waals surface area contributed by atoms with Gasteiger partial charge in [0.1, 0.15) is 0 Å². The van der Waals surface area contributed by atoms with Crippen molar-refractivity contribution in [3.05, 3.63) is 59.7 Å². The van der Waals surface area contributed by atoms with Crippen LogP contribution in [0.2, 0.25) is 0 Å². The third-order valence-corrected chi connectivity index (χ3v) is 5.28. The Morgan fingerprint density at radius 3 is 2.50 bits per heavy atom. The van der Waals surface area contributed by atoms with Gasteiger partial charge in [0.2, 0.25) is 5.91 Å². The number of nitrogens with one attached hydrogen (secondary N) is 3. The Bertz CT molecular complexity index is 799. The predicted octanol–water partition coefficient (Wildman–Crippen LogP) is 4.36. The molecule has 0 aliphatic heterocycles. The van der Waals surface area contributed by atoms with Crippen molar-refractivity contribution < 1.29 is 9.59 Å². The average Bonchev–Trinajstić information content (AvgIpc) is 2.74. The molecule has 5 heteroatoms. The van der Waals surface area contributed by atoms with E-state index in [0.29, 0.717) is 17.2 Å². The molecule has 0 heterocycles. The number of amides is 2. The zero-order chi connectivity index (χ0) is 19.8. The fourth-order valence-electron chi connectivity index (χ4n) is 3.57. The summed E-state index contributed by atoms with van der Waals surface area (Å²) in [5.41, 5.74) is 3.18. The van der Waals surface area contributed by atoms with Gasteiger partial charge >= 0.3 is 0 Å². The zero-order valence-electron chi connectivity index (χ0n) is 16.5. The van der Waals surface area contributed by atoms with E-state index in [2.05, 4.69) is 16.0 Å². The maximum atomic E-state index is 12.3. The van der Waals surface area contributed by atoms with Gasteiger partial charge in [-0.25, -0.2) is 0 Å². The molecule has 1 fully saturated rings. The Hall–Kier alpha value is -2.82. The predicted molar refractivity (Wildman–Crippen MR) is 114 cm³/mol. The van der Waals surface area contributed by atoms with Crippen LogP contribution in [-0.2, 0) is 4.79 Å². The summed E-state index contributed by atoms with van der Waals surface area (Å²) in [5, 5.41) is 9.13. The van der Waals surface area contributed by atoms with Crippen LogP contribution in [0.5, 0.6) is 0 Å². The molecular weight excluding hydrogens is 350 g/mol. The first-order valence-electron chi connectivity index (χ1n) is 10.1. The van der Waals surface area contributed by atoms with E-state index in [9.17, 15) is 9.59 Å². The molecule has 1 saturated carbocycles. The molecule has 2 amide bonds. The lowest BCUT2D eigenvalue weighted by atomic mass is 9.89. The molecule has 0 spiro atoms. The molecule has 0 aromatic heterocycles. The minimum Gasteiger partial charge on any atom is -0.376 e. The SMILES string of the molecule is Cc1ccc(NC(=O)c2ccccc2)cc1NCC(=O)NCC1CCCCC1. The monoisotopic (exact) mass is 379 g/mol. The first-order chi connectivity index (χ1) is 13.6. The van der Waals surface area contributed by atoms with Gasteiger partial charge in [0.15, 0.2) is 0 Å². The second-order valence-electron chi connectivity index (χ2n) is 7.51. The summed E-state index contributed by atoms with van der Waals surface area (Å²) in [7, 11) is 0. The van der Waals surface area contributed by atoms with Gasteiger partial charge in [0.25, 0.3) is 5.91 Å². The second kappa shape index (κ2) is 9.93. The normalized spacial score (nSPS) is 14.3. The maximum Gasteiger partial charge on any atom is 0.255 e. The molecule has 3 N–H and O–H groups in total. The molecule has 3 rings (SSSR count). The van der Waals surface area contributed by atoms with Crippen LogP contribution in [0.3, 0.4) is 0 Å². The van der Waals surface area contributed by atoms with Gasteiger partial charge in [-0.1, -0.05) is 43.5 Å². The quantitative estimate of drug-likeness (QED) is 0.670. The maximum absolute atomic E-state index is 12.3. The number of benzene rings is 2. The summed E-state index contributed by atoms with van der Waals surface area (Å²) >= 11 is 0. The number of carbonyl (C=O) groups excluding carboxylic acids is 2. The van der Waals surface area contributed by atoms with E-state index in [1.807, 2.05) is 43.3 Å². The van der Waals surface area contributed by atoms with Gasteiger partial charge < -0.3 is 16.0 Å². The highest BCUT2D eigenvalue weighted by Gasteiger charge is 2.14. The fourth-order valence-corrected chi connectivity index (χ4v) is 3.57. The highest BCUT2D eigenvalue weighted by molar-refractivity contribution is 6.04. The third kappa shape index (κ3) is 5.84. The van der Waals surface area contributed by atoms with Gasteiger partial charge in [0.05, 0.1) is 6.54 Å². The number of aryl methyl sites for hydroxylation is 1. The van der Waals surface area contributed by atoms with Crippen molar-refractivity contribution in [2.45, 2.75) is 39.0 Å². The van der Waals surface area contributed by atoms with Crippen LogP contribution >= 0.6 is 0 Å². The molecule has 0 bridgehead atoms. The standard InChI is InChI=1S/C23H29N3O2/c1-17-12-13-20(26-23(28)19-10-6-3-7-11-19)14-21(17)24-16-22(27)25-15-18-8-4-2-5-9-18/h3,6-7,10-14,18,24H,2,4-5,8-9,15-16H2,1H3,(H,25,27)(H,26,28). The smallest absolute Gasteiger partial charge is 0.255 e. The summed E-state index contributed by atoms with van der Waals surface area (Å²) < 4.78 is 0. The molecule has 5 nitrogen and oxygen atoms in total. The average molecular weight is 380 g/mol. The van der Waals surface area contributed by atoms with E-state index in [1.54, 1.807) is 12.1 Å². The summed E-state index contributed by atoms with van der Waals surface area (Å²) in [6, 6.07) is 14.8. The van der Waals surface area contributed by atoms with Crippen LogP contribution in [0.15, 0.2) is 48.5 Å². The van der Waals surface area contributed by atoms with Crippen molar-refractivity contribution in [1.82, 2.24) is 5.32 Å². The summed E-state index contributed by atoms with van der Waals surface area (Å²) in [6.45, 7) is 2.97. The van der Waals surface area contributed by atoms with Crippen LogP contribution in [0.25, 0.3) is 0 Å². The Balaban J connectivity index is 1.51. The van der Waals surface area contributed by atoms with Gasteiger partial charge in [-0.2, -0.15) is 0 Å². The van der Waals surface area contributed by atoms with E-state index < -0.39 is 0 Å². The van der Waals surface area contributed by atoms with E-state index in [0.717, 1.165) is 17.8 Å². The molecule has 0 radical (unpaired) electrons. The topological polar surface area (TPSA) is 70.2 Å². The largest absolute Gasteiger partial charge is 0.376 e. The van der Waals surface area contributed by atoms with Crippen LogP contribution in [0.4, 0.5) is 11.4 Å². The van der Waals surface area contributed by atoms with E-state index in [-0.39, 0.29) is 18.4 Å². The lowest BCUT2D eigenvalue weighted by Crippen LogP contribution is -2.34. The molecule has 148 valence electrons. The van der Waals surface area contributed by atoms with Crippen molar-refractivity contribution in [2.75, 3.05) is 23.7 Å². The van der Waals surface area contributed by atoms with Crippen molar-refractivity contribution in [2.24, 2.45) is 5.92 Å². The minimum absolute atomic E-state index is 0.00342. The number of hydrogen-bond acceptors (Lipinski definition) is 3. The summed E-state index contributed by atoms with van der Waals surface area (Å²) in [6.07, 6.45) is 6.31. The molecule has 2 aromatic rings. The molecule has 2 aromatic carbocycles. The van der Waals surface area contributed by atoms with Crippen LogP contribution in [0.1, 0.15) is 48.0 Å². The van der Waals surface area contributed by atoms with Crippen molar-refractivity contribution in [3.63, 3.8) is 0 Å². The van der Waals surface area contributed by atoms with Gasteiger partial charge in [-0.3, -0.25) is 9.59 Å². The molecule has 28 heavy (non-hydrogen) atoms. The van der Waals surface area contributed by atoms with Crippen molar-refractivity contribution in [1.29, 1.82) is 0 Å². The fraction of sp³-hybridized carbons (Fsp3) is 0.391.